The predicted molar refractivity (Wildman–Crippen MR) is 87.8 cm³/mol. The first-order valence-corrected chi connectivity index (χ1v) is 9.62. The van der Waals surface area contributed by atoms with Crippen molar-refractivity contribution in [2.24, 2.45) is 0 Å². The van der Waals surface area contributed by atoms with E-state index < -0.39 is 16.2 Å². The predicted octanol–water partition coefficient (Wildman–Crippen LogP) is 4.23. The Kier molecular flexibility index (Phi) is 16.2. The van der Waals surface area contributed by atoms with Gasteiger partial charge < -0.3 is 15.4 Å². The molecule has 0 aromatic rings. The summed E-state index contributed by atoms with van der Waals surface area (Å²) in [7, 11) is -4.19. The average molecular weight is 326 g/mol. The fourth-order valence-electron chi connectivity index (χ4n) is 2.23. The van der Waals surface area contributed by atoms with Gasteiger partial charge in [-0.1, -0.05) is 65.2 Å². The Morgan fingerprint density at radius 1 is 0.905 bits per heavy atom. The van der Waals surface area contributed by atoms with Crippen LogP contribution in [-0.2, 0) is 14.9 Å². The van der Waals surface area contributed by atoms with Crippen molar-refractivity contribution in [1.82, 2.24) is 6.15 Å². The molecule has 21 heavy (non-hydrogen) atoms. The summed E-state index contributed by atoms with van der Waals surface area (Å²) in [4.78, 5) is 0. The molecule has 0 spiro atoms. The highest BCUT2D eigenvalue weighted by atomic mass is 32.2. The smallest absolute Gasteiger partial charge is 0.0971 e. The van der Waals surface area contributed by atoms with Crippen LogP contribution in [0.3, 0.4) is 0 Å². The number of unbranched alkanes of at least 4 members (excludes halogenated alkanes) is 7. The maximum atomic E-state index is 10.8. The number of hydrogen-bond acceptors (Lipinski definition) is 4. The summed E-state index contributed by atoms with van der Waals surface area (Å²) in [5, 5.41) is 0. The van der Waals surface area contributed by atoms with Crippen molar-refractivity contribution in [3.05, 3.63) is 0 Å². The summed E-state index contributed by atoms with van der Waals surface area (Å²) >= 11 is 0. The Morgan fingerprint density at radius 2 is 1.43 bits per heavy atom. The van der Waals surface area contributed by atoms with Crippen molar-refractivity contribution in [3.8, 4) is 0 Å². The van der Waals surface area contributed by atoms with Crippen LogP contribution in [0, 0.1) is 0 Å². The van der Waals surface area contributed by atoms with Crippen LogP contribution in [0.5, 0.6) is 0 Å². The summed E-state index contributed by atoms with van der Waals surface area (Å²) in [6.07, 6.45) is 10.8. The van der Waals surface area contributed by atoms with Gasteiger partial charge in [-0.05, 0) is 12.8 Å². The van der Waals surface area contributed by atoms with E-state index in [9.17, 15) is 13.0 Å². The Bertz CT molecular complexity index is 307. The first-order chi connectivity index (χ1) is 9.49. The third-order valence-corrected chi connectivity index (χ3v) is 4.11. The minimum atomic E-state index is -4.19. The Hall–Kier alpha value is -0.170. The van der Waals surface area contributed by atoms with E-state index in [0.29, 0.717) is 13.0 Å². The van der Waals surface area contributed by atoms with Gasteiger partial charge >= 0.3 is 0 Å². The van der Waals surface area contributed by atoms with E-state index in [0.717, 1.165) is 19.3 Å². The number of rotatable bonds is 14. The summed E-state index contributed by atoms with van der Waals surface area (Å²) < 4.78 is 37.9. The first-order valence-electron chi connectivity index (χ1n) is 8.04. The second kappa shape index (κ2) is 14.8. The minimum Gasteiger partial charge on any atom is -0.748 e. The number of hydrogen-bond donors (Lipinski definition) is 1. The number of quaternary nitrogens is 1. The summed E-state index contributed by atoms with van der Waals surface area (Å²) in [6.45, 7) is 4.71. The molecule has 0 bridgehead atoms. The van der Waals surface area contributed by atoms with Crippen LogP contribution < -0.4 is 6.15 Å². The largest absolute Gasteiger partial charge is 0.748 e. The highest BCUT2D eigenvalue weighted by Crippen LogP contribution is 2.13. The molecule has 4 N–H and O–H groups in total. The topological polar surface area (TPSA) is 103 Å². The lowest BCUT2D eigenvalue weighted by Crippen LogP contribution is -2.24. The van der Waals surface area contributed by atoms with Gasteiger partial charge in [-0.3, -0.25) is 0 Å². The molecule has 6 heteroatoms. The molecule has 1 unspecified atom stereocenters. The van der Waals surface area contributed by atoms with Crippen LogP contribution in [0.1, 0.15) is 78.1 Å². The van der Waals surface area contributed by atoms with Crippen molar-refractivity contribution < 1.29 is 17.7 Å². The molecule has 0 saturated carbocycles. The standard InChI is InChI=1S/C15H32O4S.H3N/c1-3-5-6-7-8-9-10-11-12-15(19-13-4-2)14-20(16,17)18;/h15H,3-14H2,1-2H3,(H,16,17,18);1H3. The zero-order valence-electron chi connectivity index (χ0n) is 14.1. The van der Waals surface area contributed by atoms with Crippen molar-refractivity contribution in [2.75, 3.05) is 12.4 Å². The van der Waals surface area contributed by atoms with Gasteiger partial charge in [0.15, 0.2) is 0 Å². The van der Waals surface area contributed by atoms with Crippen LogP contribution in [0.25, 0.3) is 0 Å². The molecule has 1 atom stereocenters. The van der Waals surface area contributed by atoms with Gasteiger partial charge in [-0.25, -0.2) is 8.42 Å². The second-order valence-corrected chi connectivity index (χ2v) is 6.93. The molecule has 0 aromatic carbocycles. The highest BCUT2D eigenvalue weighted by molar-refractivity contribution is 7.85. The summed E-state index contributed by atoms with van der Waals surface area (Å²) in [6, 6.07) is 0. The average Bonchev–Trinajstić information content (AvgIpc) is 2.37. The Balaban J connectivity index is 0. The molecule has 130 valence electrons. The summed E-state index contributed by atoms with van der Waals surface area (Å²) in [5.74, 6) is -0.385. The zero-order chi connectivity index (χ0) is 15.3. The van der Waals surface area contributed by atoms with Crippen LogP contribution in [0.2, 0.25) is 0 Å². The van der Waals surface area contributed by atoms with Gasteiger partial charge in [0.2, 0.25) is 0 Å². The Labute approximate surface area is 131 Å². The molecular weight excluding hydrogens is 290 g/mol. The molecule has 0 fully saturated rings. The lowest BCUT2D eigenvalue weighted by atomic mass is 10.1. The monoisotopic (exact) mass is 325 g/mol. The van der Waals surface area contributed by atoms with Crippen molar-refractivity contribution >= 4 is 10.1 Å². The molecule has 0 heterocycles. The van der Waals surface area contributed by atoms with Crippen molar-refractivity contribution in [1.29, 1.82) is 0 Å². The van der Waals surface area contributed by atoms with Crippen molar-refractivity contribution in [3.63, 3.8) is 0 Å². The van der Waals surface area contributed by atoms with E-state index in [2.05, 4.69) is 6.92 Å². The first kappa shape index (κ1) is 23.1. The highest BCUT2D eigenvalue weighted by Gasteiger charge is 2.12. The van der Waals surface area contributed by atoms with Crippen LogP contribution >= 0.6 is 0 Å². The quantitative estimate of drug-likeness (QED) is 0.381. The summed E-state index contributed by atoms with van der Waals surface area (Å²) in [5.41, 5.74) is 0. The lowest BCUT2D eigenvalue weighted by Gasteiger charge is -2.19. The van der Waals surface area contributed by atoms with E-state index in [1.165, 1.54) is 38.5 Å². The van der Waals surface area contributed by atoms with E-state index >= 15 is 0 Å². The van der Waals surface area contributed by atoms with E-state index in [1.54, 1.807) is 0 Å². The van der Waals surface area contributed by atoms with Gasteiger partial charge in [0.1, 0.15) is 0 Å². The van der Waals surface area contributed by atoms with Gasteiger partial charge in [-0.15, -0.1) is 0 Å². The normalized spacial score (nSPS) is 12.9. The van der Waals surface area contributed by atoms with Crippen LogP contribution in [0.4, 0.5) is 0 Å². The lowest BCUT2D eigenvalue weighted by molar-refractivity contribution is 0.0599. The fourth-order valence-corrected chi connectivity index (χ4v) is 2.95. The van der Waals surface area contributed by atoms with Crippen molar-refractivity contribution in [2.45, 2.75) is 84.2 Å². The molecule has 0 radical (unpaired) electrons. The van der Waals surface area contributed by atoms with Gasteiger partial charge in [0, 0.05) is 6.61 Å². The van der Waals surface area contributed by atoms with E-state index in [4.69, 9.17) is 4.74 Å². The third kappa shape index (κ3) is 17.8. The minimum absolute atomic E-state index is 0. The zero-order valence-corrected chi connectivity index (χ0v) is 14.9. The molecule has 0 saturated heterocycles. The van der Waals surface area contributed by atoms with Crippen LogP contribution in [0.15, 0.2) is 0 Å². The molecule has 0 aromatic heterocycles. The molecule has 0 amide bonds. The SMILES string of the molecule is CCCCCCCCCCC(CS(=O)(=O)[O-])OCCC.[NH4+]. The fraction of sp³-hybridized carbons (Fsp3) is 1.00. The van der Waals surface area contributed by atoms with Gasteiger partial charge in [0.25, 0.3) is 0 Å². The van der Waals surface area contributed by atoms with Gasteiger partial charge in [0.05, 0.1) is 22.0 Å². The van der Waals surface area contributed by atoms with Gasteiger partial charge in [-0.2, -0.15) is 0 Å². The van der Waals surface area contributed by atoms with E-state index in [1.807, 2.05) is 6.92 Å². The second-order valence-electron chi connectivity index (χ2n) is 5.48. The molecule has 0 rings (SSSR count). The maximum Gasteiger partial charge on any atom is 0.0971 e. The third-order valence-electron chi connectivity index (χ3n) is 3.33. The molecule has 5 nitrogen and oxygen atoms in total. The number of ether oxygens (including phenoxy) is 1. The molecular formula is C15H35NO4S. The maximum absolute atomic E-state index is 10.8. The van der Waals surface area contributed by atoms with E-state index in [-0.39, 0.29) is 11.9 Å². The molecule has 0 aliphatic heterocycles. The Morgan fingerprint density at radius 3 is 1.90 bits per heavy atom. The van der Waals surface area contributed by atoms with Crippen LogP contribution in [-0.4, -0.2) is 31.4 Å². The molecule has 0 aliphatic rings. The molecule has 0 aliphatic carbocycles.